The fraction of sp³-hybridized carbons (Fsp3) is 0.375. The second kappa shape index (κ2) is 8.59. The van der Waals surface area contributed by atoms with Gasteiger partial charge < -0.3 is 9.80 Å². The summed E-state index contributed by atoms with van der Waals surface area (Å²) in [6, 6.07) is 7.76. The topological polar surface area (TPSA) is 72.9 Å². The molecule has 0 atom stereocenters. The van der Waals surface area contributed by atoms with Gasteiger partial charge in [-0.25, -0.2) is 5.48 Å². The summed E-state index contributed by atoms with van der Waals surface area (Å²) in [6.07, 6.45) is 4.89. The van der Waals surface area contributed by atoms with Crippen LogP contribution in [-0.4, -0.2) is 60.1 Å². The minimum atomic E-state index is -0.563. The molecule has 0 spiro atoms. The van der Waals surface area contributed by atoms with Crippen molar-refractivity contribution in [2.75, 3.05) is 43.1 Å². The first kappa shape index (κ1) is 17.4. The van der Waals surface area contributed by atoms with Crippen molar-refractivity contribution in [3.8, 4) is 0 Å². The van der Waals surface area contributed by atoms with Gasteiger partial charge in [-0.3, -0.25) is 14.8 Å². The molecule has 0 bridgehead atoms. The Labute approximate surface area is 140 Å². The average Bonchev–Trinajstić information content (AvgIpc) is 2.60. The molecular weight excluding hydrogens is 314 g/mol. The van der Waals surface area contributed by atoms with Crippen molar-refractivity contribution in [1.29, 1.82) is 0 Å². The van der Waals surface area contributed by atoms with E-state index in [-0.39, 0.29) is 5.91 Å². The van der Waals surface area contributed by atoms with Crippen LogP contribution in [0.3, 0.4) is 0 Å². The Balaban J connectivity index is 2.05. The van der Waals surface area contributed by atoms with Crippen molar-refractivity contribution < 1.29 is 14.8 Å². The minimum absolute atomic E-state index is 0.185. The summed E-state index contributed by atoms with van der Waals surface area (Å²) in [7, 11) is 0. The molecule has 7 heteroatoms. The van der Waals surface area contributed by atoms with Crippen molar-refractivity contribution in [2.45, 2.75) is 0 Å². The number of carbonyl (C=O) groups excluding carboxylic acids is 2. The summed E-state index contributed by atoms with van der Waals surface area (Å²) in [6.45, 7) is 2.93. The van der Waals surface area contributed by atoms with E-state index in [1.807, 2.05) is 35.4 Å². The van der Waals surface area contributed by atoms with Gasteiger partial charge in [-0.2, -0.15) is 11.8 Å². The number of thioether (sulfide) groups is 1. The normalized spacial score (nSPS) is 15.0. The third-order valence-corrected chi connectivity index (χ3v) is 4.24. The molecule has 124 valence electrons. The van der Waals surface area contributed by atoms with Crippen LogP contribution < -0.4 is 10.4 Å². The highest BCUT2D eigenvalue weighted by Crippen LogP contribution is 2.23. The third kappa shape index (κ3) is 4.74. The zero-order valence-electron chi connectivity index (χ0n) is 13.1. The Hall–Kier alpha value is -1.99. The fourth-order valence-electron chi connectivity index (χ4n) is 2.53. The monoisotopic (exact) mass is 335 g/mol. The lowest BCUT2D eigenvalue weighted by Gasteiger charge is -2.36. The summed E-state index contributed by atoms with van der Waals surface area (Å²) in [5, 5.41) is 8.56. The highest BCUT2D eigenvalue weighted by Gasteiger charge is 2.21. The SMILES string of the molecule is CSCC(=O)N1CCN(c2ccccc2/C=C/C(=O)NO)CC1. The number of nitrogens with zero attached hydrogens (tertiary/aromatic N) is 2. The van der Waals surface area contributed by atoms with Crippen LogP contribution in [0.5, 0.6) is 0 Å². The van der Waals surface area contributed by atoms with Gasteiger partial charge in [0.1, 0.15) is 0 Å². The first-order chi connectivity index (χ1) is 11.2. The second-order valence-electron chi connectivity index (χ2n) is 5.17. The molecule has 1 saturated heterocycles. The number of hydrogen-bond donors (Lipinski definition) is 2. The van der Waals surface area contributed by atoms with Gasteiger partial charge in [-0.1, -0.05) is 18.2 Å². The Morgan fingerprint density at radius 3 is 2.61 bits per heavy atom. The summed E-state index contributed by atoms with van der Waals surface area (Å²) >= 11 is 1.54. The lowest BCUT2D eigenvalue weighted by molar-refractivity contribution is -0.128. The van der Waals surface area contributed by atoms with Crippen molar-refractivity contribution in [3.05, 3.63) is 35.9 Å². The van der Waals surface area contributed by atoms with E-state index in [4.69, 9.17) is 5.21 Å². The Morgan fingerprint density at radius 1 is 1.26 bits per heavy atom. The number of amides is 2. The number of para-hydroxylation sites is 1. The van der Waals surface area contributed by atoms with E-state index in [1.54, 1.807) is 23.3 Å². The van der Waals surface area contributed by atoms with E-state index in [1.165, 1.54) is 6.08 Å². The van der Waals surface area contributed by atoms with Gasteiger partial charge in [0.2, 0.25) is 5.91 Å². The minimum Gasteiger partial charge on any atom is -0.367 e. The number of hydroxylamine groups is 1. The van der Waals surface area contributed by atoms with E-state index in [0.29, 0.717) is 18.8 Å². The highest BCUT2D eigenvalue weighted by atomic mass is 32.2. The molecule has 1 aliphatic heterocycles. The first-order valence-corrected chi connectivity index (χ1v) is 8.78. The molecule has 1 heterocycles. The number of nitrogens with one attached hydrogen (secondary N) is 1. The number of benzene rings is 1. The first-order valence-electron chi connectivity index (χ1n) is 7.38. The van der Waals surface area contributed by atoms with Crippen LogP contribution >= 0.6 is 11.8 Å². The maximum Gasteiger partial charge on any atom is 0.267 e. The Bertz CT molecular complexity index is 584. The quantitative estimate of drug-likeness (QED) is 0.481. The van der Waals surface area contributed by atoms with Crippen molar-refractivity contribution in [3.63, 3.8) is 0 Å². The summed E-state index contributed by atoms with van der Waals surface area (Å²) in [5.74, 6) is 0.146. The number of carbonyl (C=O) groups is 2. The lowest BCUT2D eigenvalue weighted by Crippen LogP contribution is -2.49. The van der Waals surface area contributed by atoms with Gasteiger partial charge in [-0.15, -0.1) is 0 Å². The molecule has 0 radical (unpaired) electrons. The van der Waals surface area contributed by atoms with Gasteiger partial charge in [0.15, 0.2) is 0 Å². The zero-order valence-corrected chi connectivity index (χ0v) is 13.9. The lowest BCUT2D eigenvalue weighted by atomic mass is 10.1. The van der Waals surface area contributed by atoms with Crippen LogP contribution in [0.1, 0.15) is 5.56 Å². The fourth-order valence-corrected chi connectivity index (χ4v) is 2.96. The maximum absolute atomic E-state index is 11.9. The number of piperazine rings is 1. The molecular formula is C16H21N3O3S. The van der Waals surface area contributed by atoms with Crippen LogP contribution in [0.4, 0.5) is 5.69 Å². The number of hydrogen-bond acceptors (Lipinski definition) is 5. The molecule has 1 aliphatic rings. The van der Waals surface area contributed by atoms with Crippen LogP contribution in [0.2, 0.25) is 0 Å². The van der Waals surface area contributed by atoms with Crippen LogP contribution in [0, 0.1) is 0 Å². The molecule has 0 saturated carbocycles. The van der Waals surface area contributed by atoms with Crippen LogP contribution in [0.15, 0.2) is 30.3 Å². The number of anilines is 1. The predicted molar refractivity (Wildman–Crippen MR) is 92.6 cm³/mol. The molecule has 1 aromatic carbocycles. The molecule has 0 aromatic heterocycles. The van der Waals surface area contributed by atoms with Crippen molar-refractivity contribution in [1.82, 2.24) is 10.4 Å². The van der Waals surface area contributed by atoms with E-state index >= 15 is 0 Å². The van der Waals surface area contributed by atoms with E-state index in [0.717, 1.165) is 24.3 Å². The van der Waals surface area contributed by atoms with Gasteiger partial charge >= 0.3 is 0 Å². The van der Waals surface area contributed by atoms with Gasteiger partial charge in [-0.05, 0) is 24.0 Å². The standard InChI is InChI=1S/C16H21N3O3S/c1-23-12-16(21)19-10-8-18(9-11-19)14-5-3-2-4-13(14)6-7-15(20)17-22/h2-7,22H,8-12H2,1H3,(H,17,20)/b7-6+. The van der Waals surface area contributed by atoms with Crippen LogP contribution in [0.25, 0.3) is 6.08 Å². The average molecular weight is 335 g/mol. The summed E-state index contributed by atoms with van der Waals surface area (Å²) in [4.78, 5) is 27.2. The van der Waals surface area contributed by atoms with E-state index in [9.17, 15) is 9.59 Å². The summed E-state index contributed by atoms with van der Waals surface area (Å²) in [5.41, 5.74) is 3.50. The second-order valence-corrected chi connectivity index (χ2v) is 6.04. The molecule has 6 nitrogen and oxygen atoms in total. The predicted octanol–water partition coefficient (Wildman–Crippen LogP) is 1.22. The molecule has 2 N–H and O–H groups in total. The third-order valence-electron chi connectivity index (χ3n) is 3.70. The van der Waals surface area contributed by atoms with Gasteiger partial charge in [0.05, 0.1) is 5.75 Å². The molecule has 0 unspecified atom stereocenters. The Kier molecular flexibility index (Phi) is 6.49. The highest BCUT2D eigenvalue weighted by molar-refractivity contribution is 7.99. The van der Waals surface area contributed by atoms with Gasteiger partial charge in [0, 0.05) is 37.9 Å². The van der Waals surface area contributed by atoms with Gasteiger partial charge in [0.25, 0.3) is 5.91 Å². The molecule has 2 amide bonds. The molecule has 2 rings (SSSR count). The molecule has 23 heavy (non-hydrogen) atoms. The number of rotatable bonds is 5. The molecule has 1 aromatic rings. The molecule has 0 aliphatic carbocycles. The Morgan fingerprint density at radius 2 is 1.96 bits per heavy atom. The summed E-state index contributed by atoms with van der Waals surface area (Å²) < 4.78 is 0. The van der Waals surface area contributed by atoms with Crippen molar-refractivity contribution in [2.24, 2.45) is 0 Å². The smallest absolute Gasteiger partial charge is 0.267 e. The van der Waals surface area contributed by atoms with E-state index in [2.05, 4.69) is 4.90 Å². The van der Waals surface area contributed by atoms with E-state index < -0.39 is 5.91 Å². The maximum atomic E-state index is 11.9. The van der Waals surface area contributed by atoms with Crippen molar-refractivity contribution >= 4 is 35.3 Å². The largest absolute Gasteiger partial charge is 0.367 e. The zero-order chi connectivity index (χ0) is 16.7. The molecule has 1 fully saturated rings. The van der Waals surface area contributed by atoms with Crippen LogP contribution in [-0.2, 0) is 9.59 Å².